The number of nitrogens with zero attached hydrogens (tertiary/aromatic N) is 2. The standard InChI is InChI=1S/C8H7N3.C2H6/c1-2-4-7(5-3-1)8-6-9-11-10-8;1-2/h1-6H,(H,9,10,11);1-2H3. The van der Waals surface area contributed by atoms with E-state index in [2.05, 4.69) is 15.4 Å². The van der Waals surface area contributed by atoms with E-state index in [1.807, 2.05) is 44.2 Å². The summed E-state index contributed by atoms with van der Waals surface area (Å²) in [6, 6.07) is 9.92. The molecule has 0 unspecified atom stereocenters. The first kappa shape index (κ1) is 9.45. The molecule has 1 aromatic carbocycles. The maximum atomic E-state index is 3.95. The van der Waals surface area contributed by atoms with E-state index in [1.54, 1.807) is 6.20 Å². The monoisotopic (exact) mass is 175 g/mol. The van der Waals surface area contributed by atoms with E-state index in [-0.39, 0.29) is 0 Å². The summed E-state index contributed by atoms with van der Waals surface area (Å²) in [6.07, 6.45) is 1.70. The minimum absolute atomic E-state index is 0.880. The van der Waals surface area contributed by atoms with Crippen molar-refractivity contribution in [2.24, 2.45) is 0 Å². The molecule has 0 atom stereocenters. The summed E-state index contributed by atoms with van der Waals surface area (Å²) in [4.78, 5) is 0. The van der Waals surface area contributed by atoms with Gasteiger partial charge in [0.15, 0.2) is 0 Å². The Morgan fingerprint density at radius 2 is 1.77 bits per heavy atom. The Morgan fingerprint density at radius 1 is 1.08 bits per heavy atom. The summed E-state index contributed by atoms with van der Waals surface area (Å²) < 4.78 is 0. The average molecular weight is 175 g/mol. The summed E-state index contributed by atoms with van der Waals surface area (Å²) >= 11 is 0. The summed E-state index contributed by atoms with van der Waals surface area (Å²) in [5.74, 6) is 0. The summed E-state index contributed by atoms with van der Waals surface area (Å²) in [6.45, 7) is 4.00. The second kappa shape index (κ2) is 5.09. The number of nitrogens with one attached hydrogen (secondary N) is 1. The van der Waals surface area contributed by atoms with Gasteiger partial charge in [-0.25, -0.2) is 0 Å². The number of hydrogen-bond donors (Lipinski definition) is 1. The molecule has 0 bridgehead atoms. The fourth-order valence-electron chi connectivity index (χ4n) is 0.950. The largest absolute Gasteiger partial charge is 0.197 e. The third kappa shape index (κ3) is 2.40. The van der Waals surface area contributed by atoms with Crippen LogP contribution >= 0.6 is 0 Å². The van der Waals surface area contributed by atoms with Crippen molar-refractivity contribution in [2.45, 2.75) is 13.8 Å². The van der Waals surface area contributed by atoms with Crippen molar-refractivity contribution in [1.82, 2.24) is 15.4 Å². The van der Waals surface area contributed by atoms with Crippen LogP contribution in [0, 0.1) is 0 Å². The molecule has 3 heteroatoms. The van der Waals surface area contributed by atoms with Gasteiger partial charge in [0.2, 0.25) is 0 Å². The zero-order valence-electron chi connectivity index (χ0n) is 7.86. The molecule has 0 radical (unpaired) electrons. The van der Waals surface area contributed by atoms with Gasteiger partial charge in [-0.05, 0) is 0 Å². The maximum Gasteiger partial charge on any atom is 0.112 e. The van der Waals surface area contributed by atoms with E-state index in [4.69, 9.17) is 0 Å². The van der Waals surface area contributed by atoms with Crippen molar-refractivity contribution in [1.29, 1.82) is 0 Å². The first-order chi connectivity index (χ1) is 6.47. The van der Waals surface area contributed by atoms with Crippen LogP contribution in [0.1, 0.15) is 13.8 Å². The molecule has 0 aliphatic carbocycles. The molecule has 2 rings (SSSR count). The molecule has 0 amide bonds. The third-order valence-corrected chi connectivity index (χ3v) is 1.48. The lowest BCUT2D eigenvalue weighted by molar-refractivity contribution is 0.942. The number of rotatable bonds is 1. The fourth-order valence-corrected chi connectivity index (χ4v) is 0.950. The summed E-state index contributed by atoms with van der Waals surface area (Å²) in [7, 11) is 0. The molecule has 13 heavy (non-hydrogen) atoms. The van der Waals surface area contributed by atoms with Gasteiger partial charge in [-0.15, -0.1) is 0 Å². The molecule has 0 spiro atoms. The first-order valence-electron chi connectivity index (χ1n) is 4.38. The van der Waals surface area contributed by atoms with Crippen molar-refractivity contribution >= 4 is 0 Å². The van der Waals surface area contributed by atoms with E-state index in [9.17, 15) is 0 Å². The second-order valence-corrected chi connectivity index (χ2v) is 2.22. The van der Waals surface area contributed by atoms with Gasteiger partial charge in [0.05, 0.1) is 6.20 Å². The predicted molar refractivity (Wildman–Crippen MR) is 53.2 cm³/mol. The molecule has 1 N–H and O–H groups in total. The highest BCUT2D eigenvalue weighted by Gasteiger charge is 1.96. The minimum Gasteiger partial charge on any atom is -0.197 e. The number of hydrogen-bond acceptors (Lipinski definition) is 2. The van der Waals surface area contributed by atoms with Crippen LogP contribution in [0.3, 0.4) is 0 Å². The van der Waals surface area contributed by atoms with Crippen molar-refractivity contribution in [3.8, 4) is 11.3 Å². The summed E-state index contributed by atoms with van der Waals surface area (Å²) in [5, 5.41) is 10.2. The molecular weight excluding hydrogens is 162 g/mol. The van der Waals surface area contributed by atoms with Crippen LogP contribution in [0.2, 0.25) is 0 Å². The van der Waals surface area contributed by atoms with Gasteiger partial charge in [0.25, 0.3) is 0 Å². The van der Waals surface area contributed by atoms with Gasteiger partial charge < -0.3 is 0 Å². The molecule has 0 saturated heterocycles. The molecule has 3 nitrogen and oxygen atoms in total. The Hall–Kier alpha value is -1.64. The van der Waals surface area contributed by atoms with E-state index < -0.39 is 0 Å². The SMILES string of the molecule is CC.c1ccc(-c2cn[nH]n2)cc1. The van der Waals surface area contributed by atoms with Crippen LogP contribution in [0.5, 0.6) is 0 Å². The molecule has 2 aromatic rings. The lowest BCUT2D eigenvalue weighted by Crippen LogP contribution is -1.75. The molecule has 1 heterocycles. The molecular formula is C10H13N3. The van der Waals surface area contributed by atoms with Gasteiger partial charge in [0, 0.05) is 5.56 Å². The minimum atomic E-state index is 0.880. The fraction of sp³-hybridized carbons (Fsp3) is 0.200. The molecule has 68 valence electrons. The number of aromatic amines is 1. The number of H-pyrrole nitrogens is 1. The molecule has 0 aliphatic rings. The Balaban J connectivity index is 0.000000396. The zero-order valence-corrected chi connectivity index (χ0v) is 7.86. The lowest BCUT2D eigenvalue weighted by atomic mass is 10.2. The van der Waals surface area contributed by atoms with Crippen molar-refractivity contribution in [3.63, 3.8) is 0 Å². The van der Waals surface area contributed by atoms with Crippen LogP contribution in [0.4, 0.5) is 0 Å². The average Bonchev–Trinajstić information content (AvgIpc) is 2.75. The van der Waals surface area contributed by atoms with Gasteiger partial charge in [-0.2, -0.15) is 15.4 Å². The predicted octanol–water partition coefficient (Wildman–Crippen LogP) is 2.50. The molecule has 0 fully saturated rings. The van der Waals surface area contributed by atoms with Gasteiger partial charge in [0.1, 0.15) is 5.69 Å². The van der Waals surface area contributed by atoms with Gasteiger partial charge in [-0.3, -0.25) is 0 Å². The molecule has 0 aliphatic heterocycles. The highest BCUT2D eigenvalue weighted by atomic mass is 15.3. The first-order valence-corrected chi connectivity index (χ1v) is 4.38. The normalized spacial score (nSPS) is 8.77. The van der Waals surface area contributed by atoms with E-state index >= 15 is 0 Å². The van der Waals surface area contributed by atoms with E-state index in [0.29, 0.717) is 0 Å². The summed E-state index contributed by atoms with van der Waals surface area (Å²) in [5.41, 5.74) is 1.96. The Labute approximate surface area is 77.8 Å². The lowest BCUT2D eigenvalue weighted by Gasteiger charge is -1.90. The third-order valence-electron chi connectivity index (χ3n) is 1.48. The second-order valence-electron chi connectivity index (χ2n) is 2.22. The Bertz CT molecular complexity index is 313. The van der Waals surface area contributed by atoms with Crippen molar-refractivity contribution < 1.29 is 0 Å². The highest BCUT2D eigenvalue weighted by molar-refractivity contribution is 5.56. The van der Waals surface area contributed by atoms with Gasteiger partial charge in [-0.1, -0.05) is 44.2 Å². The molecule has 1 aromatic heterocycles. The smallest absolute Gasteiger partial charge is 0.112 e. The molecule has 0 saturated carbocycles. The highest BCUT2D eigenvalue weighted by Crippen LogP contribution is 2.12. The number of aromatic nitrogens is 3. The van der Waals surface area contributed by atoms with Crippen LogP contribution in [-0.2, 0) is 0 Å². The maximum absolute atomic E-state index is 3.95. The number of benzene rings is 1. The van der Waals surface area contributed by atoms with Gasteiger partial charge >= 0.3 is 0 Å². The van der Waals surface area contributed by atoms with Crippen molar-refractivity contribution in [2.75, 3.05) is 0 Å². The quantitative estimate of drug-likeness (QED) is 0.723. The van der Waals surface area contributed by atoms with E-state index in [0.717, 1.165) is 11.3 Å². The van der Waals surface area contributed by atoms with Crippen LogP contribution in [-0.4, -0.2) is 15.4 Å². The Morgan fingerprint density at radius 3 is 2.31 bits per heavy atom. The van der Waals surface area contributed by atoms with Crippen LogP contribution in [0.15, 0.2) is 36.5 Å². The van der Waals surface area contributed by atoms with E-state index in [1.165, 1.54) is 0 Å². The zero-order chi connectivity index (χ0) is 9.52. The Kier molecular flexibility index (Phi) is 3.70. The van der Waals surface area contributed by atoms with Crippen LogP contribution in [0.25, 0.3) is 11.3 Å². The van der Waals surface area contributed by atoms with Crippen LogP contribution < -0.4 is 0 Å². The topological polar surface area (TPSA) is 41.6 Å². The van der Waals surface area contributed by atoms with Crippen molar-refractivity contribution in [3.05, 3.63) is 36.5 Å².